The number of rotatable bonds is 6. The van der Waals surface area contributed by atoms with Crippen molar-refractivity contribution in [2.45, 2.75) is 4.90 Å². The Morgan fingerprint density at radius 1 is 1.11 bits per heavy atom. The second-order valence-electron chi connectivity index (χ2n) is 6.33. The van der Waals surface area contributed by atoms with E-state index in [1.165, 1.54) is 11.1 Å². The Hall–Kier alpha value is -2.65. The van der Waals surface area contributed by atoms with Crippen LogP contribution < -0.4 is 4.48 Å². The Morgan fingerprint density at radius 3 is 2.37 bits per heavy atom. The molecule has 3 rings (SSSR count). The van der Waals surface area contributed by atoms with Gasteiger partial charge in [-0.05, 0) is 18.2 Å². The van der Waals surface area contributed by atoms with E-state index in [0.29, 0.717) is 30.7 Å². The van der Waals surface area contributed by atoms with Gasteiger partial charge in [0.05, 0.1) is 25.2 Å². The zero-order valence-corrected chi connectivity index (χ0v) is 15.5. The van der Waals surface area contributed by atoms with E-state index in [2.05, 4.69) is 9.97 Å². The molecule has 1 aliphatic rings. The second kappa shape index (κ2) is 8.36. The lowest BCUT2D eigenvalue weighted by atomic mass is 10.2. The van der Waals surface area contributed by atoms with Crippen LogP contribution in [0.2, 0.25) is 0 Å². The van der Waals surface area contributed by atoms with Crippen LogP contribution in [0.3, 0.4) is 0 Å². The number of nitrogens with zero attached hydrogens (tertiary/aromatic N) is 4. The van der Waals surface area contributed by atoms with Crippen LogP contribution in [0.4, 0.5) is 10.6 Å². The number of pyridine rings is 2. The number of hydrogen-bond acceptors (Lipinski definition) is 5. The number of quaternary nitrogens is 1. The fourth-order valence-corrected chi connectivity index (χ4v) is 4.16. The van der Waals surface area contributed by atoms with Gasteiger partial charge in [-0.2, -0.15) is 0 Å². The number of hydrogen-bond donors (Lipinski definition) is 2. The Balaban J connectivity index is 1.76. The number of aromatic nitrogens is 2. The number of carboxylic acid groups (broad SMARTS) is 2. The fourth-order valence-electron chi connectivity index (χ4n) is 3.17. The Bertz CT molecular complexity index is 793. The average molecular weight is 389 g/mol. The van der Waals surface area contributed by atoms with E-state index in [1.807, 2.05) is 12.1 Å². The van der Waals surface area contributed by atoms with Crippen molar-refractivity contribution in [3.63, 3.8) is 0 Å². The summed E-state index contributed by atoms with van der Waals surface area (Å²) in [4.78, 5) is 33.3. The number of amides is 1. The van der Waals surface area contributed by atoms with Gasteiger partial charge >= 0.3 is 12.1 Å². The summed E-state index contributed by atoms with van der Waals surface area (Å²) >= 11 is 1.71. The smallest absolute Gasteiger partial charge is 0.407 e. The highest BCUT2D eigenvalue weighted by molar-refractivity contribution is 7.99. The fraction of sp³-hybridized carbons (Fsp3) is 0.333. The largest absolute Gasteiger partial charge is 0.478 e. The normalized spacial score (nSPS) is 16.1. The lowest BCUT2D eigenvalue weighted by molar-refractivity contribution is 0.0695. The zero-order chi connectivity index (χ0) is 19.3. The molecule has 1 amide bonds. The molecule has 0 aromatic carbocycles. The van der Waals surface area contributed by atoms with Crippen molar-refractivity contribution in [1.82, 2.24) is 19.4 Å². The molecule has 9 heteroatoms. The molecule has 0 bridgehead atoms. The third kappa shape index (κ3) is 4.55. The van der Waals surface area contributed by atoms with Crippen molar-refractivity contribution in [3.8, 4) is 0 Å². The summed E-state index contributed by atoms with van der Waals surface area (Å²) in [6.07, 6.45) is 3.97. The highest BCUT2D eigenvalue weighted by Gasteiger charge is 2.37. The van der Waals surface area contributed by atoms with Crippen LogP contribution in [0, 0.1) is 0 Å². The predicted octanol–water partition coefficient (Wildman–Crippen LogP) is 2.27. The third-order valence-corrected chi connectivity index (χ3v) is 5.78. The molecule has 0 radical (unpaired) electrons. The van der Waals surface area contributed by atoms with Crippen LogP contribution in [0.25, 0.3) is 0 Å². The van der Waals surface area contributed by atoms with Gasteiger partial charge in [0.2, 0.25) is 5.82 Å². The summed E-state index contributed by atoms with van der Waals surface area (Å²) in [7, 11) is 0. The van der Waals surface area contributed by atoms with Gasteiger partial charge in [-0.25, -0.2) is 14.6 Å². The van der Waals surface area contributed by atoms with Gasteiger partial charge in [0.25, 0.3) is 0 Å². The number of carbonyl (C=O) groups is 2. The van der Waals surface area contributed by atoms with Crippen LogP contribution >= 0.6 is 11.8 Å². The maximum Gasteiger partial charge on any atom is 0.407 e. The van der Waals surface area contributed by atoms with Gasteiger partial charge in [0.1, 0.15) is 13.1 Å². The van der Waals surface area contributed by atoms with Crippen LogP contribution in [0.15, 0.2) is 47.8 Å². The minimum atomic E-state index is -1.01. The average Bonchev–Trinajstić information content (AvgIpc) is 2.69. The van der Waals surface area contributed by atoms with Crippen molar-refractivity contribution < 1.29 is 19.8 Å². The molecule has 0 unspecified atom stereocenters. The maximum atomic E-state index is 11.2. The molecule has 1 aliphatic heterocycles. The van der Waals surface area contributed by atoms with Crippen molar-refractivity contribution in [2.24, 2.45) is 0 Å². The first-order chi connectivity index (χ1) is 13.0. The van der Waals surface area contributed by atoms with Crippen molar-refractivity contribution in [1.29, 1.82) is 0 Å². The number of aromatic carboxylic acids is 1. The Morgan fingerprint density at radius 2 is 1.81 bits per heavy atom. The Labute approximate surface area is 161 Å². The SMILES string of the molecule is O=C(O)c1ccc([N+]2(CCSc3ccncc3)CCN(C(=O)O)CC2)nc1. The molecule has 2 aromatic heterocycles. The van der Waals surface area contributed by atoms with Crippen LogP contribution in [-0.4, -0.2) is 75.6 Å². The Kier molecular flexibility index (Phi) is 5.92. The van der Waals surface area contributed by atoms with Crippen LogP contribution in [0.1, 0.15) is 10.4 Å². The number of carboxylic acids is 1. The zero-order valence-electron chi connectivity index (χ0n) is 14.7. The van der Waals surface area contributed by atoms with E-state index in [4.69, 9.17) is 5.11 Å². The molecule has 0 saturated carbocycles. The lowest BCUT2D eigenvalue weighted by Crippen LogP contribution is -2.62. The van der Waals surface area contributed by atoms with Gasteiger partial charge in [-0.1, -0.05) is 0 Å². The molecule has 0 aliphatic carbocycles. The molecule has 142 valence electrons. The van der Waals surface area contributed by atoms with E-state index >= 15 is 0 Å². The molecule has 2 N–H and O–H groups in total. The molecule has 0 atom stereocenters. The van der Waals surface area contributed by atoms with E-state index in [0.717, 1.165) is 23.0 Å². The van der Waals surface area contributed by atoms with E-state index < -0.39 is 12.1 Å². The summed E-state index contributed by atoms with van der Waals surface area (Å²) < 4.78 is 0.543. The lowest BCUT2D eigenvalue weighted by Gasteiger charge is -2.42. The molecule has 0 spiro atoms. The third-order valence-electron chi connectivity index (χ3n) is 4.79. The van der Waals surface area contributed by atoms with Gasteiger partial charge < -0.3 is 10.2 Å². The minimum absolute atomic E-state index is 0.146. The predicted molar refractivity (Wildman–Crippen MR) is 102 cm³/mol. The van der Waals surface area contributed by atoms with Gasteiger partial charge in [-0.15, -0.1) is 11.8 Å². The first kappa shape index (κ1) is 19.1. The van der Waals surface area contributed by atoms with Crippen molar-refractivity contribution >= 4 is 29.6 Å². The summed E-state index contributed by atoms with van der Waals surface area (Å²) in [6.45, 7) is 2.86. The molecule has 1 fully saturated rings. The van der Waals surface area contributed by atoms with Gasteiger partial charge in [-0.3, -0.25) is 14.4 Å². The standard InChI is InChI=1S/C18H20N4O4S/c23-17(24)14-1-2-16(20-13-14)22(9-7-21(8-10-22)18(25)26)11-12-27-15-3-5-19-6-4-15/h1-6,13H,7-12H2,(H-,23,24,25,26)/p+1. The van der Waals surface area contributed by atoms with E-state index in [-0.39, 0.29) is 5.56 Å². The maximum absolute atomic E-state index is 11.2. The summed E-state index contributed by atoms with van der Waals surface area (Å²) in [5.74, 6) is 0.601. The highest BCUT2D eigenvalue weighted by Crippen LogP contribution is 2.26. The number of piperazine rings is 1. The monoisotopic (exact) mass is 389 g/mol. The molecule has 3 heterocycles. The molecular formula is C18H21N4O4S+. The van der Waals surface area contributed by atoms with Crippen molar-refractivity contribution in [2.75, 3.05) is 38.5 Å². The summed E-state index contributed by atoms with van der Waals surface area (Å²) in [5.41, 5.74) is 0.146. The minimum Gasteiger partial charge on any atom is -0.478 e. The molecular weight excluding hydrogens is 368 g/mol. The number of thioether (sulfide) groups is 1. The first-order valence-electron chi connectivity index (χ1n) is 8.57. The van der Waals surface area contributed by atoms with Crippen LogP contribution in [-0.2, 0) is 0 Å². The van der Waals surface area contributed by atoms with Gasteiger partial charge in [0, 0.05) is 35.3 Å². The van der Waals surface area contributed by atoms with E-state index in [9.17, 15) is 14.7 Å². The van der Waals surface area contributed by atoms with Gasteiger partial charge in [0.15, 0.2) is 0 Å². The van der Waals surface area contributed by atoms with Crippen molar-refractivity contribution in [3.05, 3.63) is 48.4 Å². The van der Waals surface area contributed by atoms with Crippen LogP contribution in [0.5, 0.6) is 0 Å². The quantitative estimate of drug-likeness (QED) is 0.577. The molecule has 1 saturated heterocycles. The second-order valence-corrected chi connectivity index (χ2v) is 7.50. The summed E-state index contributed by atoms with van der Waals surface area (Å²) in [6, 6.07) is 7.22. The van der Waals surface area contributed by atoms with E-state index in [1.54, 1.807) is 36.3 Å². The summed E-state index contributed by atoms with van der Waals surface area (Å²) in [5, 5.41) is 18.3. The molecule has 2 aromatic rings. The first-order valence-corrected chi connectivity index (χ1v) is 9.55. The highest BCUT2D eigenvalue weighted by atomic mass is 32.2. The topological polar surface area (TPSA) is 104 Å². The molecule has 27 heavy (non-hydrogen) atoms. The molecule has 8 nitrogen and oxygen atoms in total.